The van der Waals surface area contributed by atoms with Crippen LogP contribution < -0.4 is 102 Å². The molecule has 0 aliphatic heterocycles. The molecule has 0 spiro atoms. The molecule has 1 unspecified atom stereocenters. The first-order chi connectivity index (χ1) is 59.2. The predicted molar refractivity (Wildman–Crippen MR) is 482 cm³/mol. The summed E-state index contributed by atoms with van der Waals surface area (Å²) in [5, 5.41) is 107. The van der Waals surface area contributed by atoms with Crippen LogP contribution in [0.2, 0.25) is 31.6 Å². The van der Waals surface area contributed by atoms with Gasteiger partial charge >= 0.3 is 173 Å². The van der Waals surface area contributed by atoms with Gasteiger partial charge in [-0.05, 0) is 194 Å². The van der Waals surface area contributed by atoms with Crippen LogP contribution in [-0.4, -0.2) is 259 Å². The minimum absolute atomic E-state index is 0. The van der Waals surface area contributed by atoms with E-state index in [1.165, 1.54) is 153 Å². The number of esters is 2. The second-order valence-electron chi connectivity index (χ2n) is 28.9. The van der Waals surface area contributed by atoms with Gasteiger partial charge in [0, 0.05) is 47.4 Å². The Morgan fingerprint density at radius 2 is 0.900 bits per heavy atom. The van der Waals surface area contributed by atoms with E-state index in [0.29, 0.717) is 97.0 Å². The summed E-state index contributed by atoms with van der Waals surface area (Å²) in [7, 11) is -1.54. The van der Waals surface area contributed by atoms with Crippen molar-refractivity contribution in [3.8, 4) is 11.4 Å². The van der Waals surface area contributed by atoms with Crippen molar-refractivity contribution in [1.29, 1.82) is 0 Å². The fourth-order valence-electron chi connectivity index (χ4n) is 9.94. The summed E-state index contributed by atoms with van der Waals surface area (Å²) >= 11 is 40.6. The van der Waals surface area contributed by atoms with Crippen LogP contribution in [-0.2, 0) is 18.7 Å². The molecule has 1 amide bonds. The molecule has 8 fully saturated rings. The van der Waals surface area contributed by atoms with E-state index < -0.39 is 38.9 Å². The topological polar surface area (TPSA) is 612 Å². The zero-order valence-electron chi connectivity index (χ0n) is 71.1. The second-order valence-corrected chi connectivity index (χ2v) is 32.3. The molecule has 0 aromatic carbocycles. The number of carbonyl (C=O) groups is 5. The number of ether oxygens (including phenoxy) is 2. The zero-order valence-corrected chi connectivity index (χ0v) is 86.6. The first-order valence-electron chi connectivity index (χ1n) is 38.8. The number of anilines is 4. The van der Waals surface area contributed by atoms with Gasteiger partial charge in [0.05, 0.1) is 124 Å². The number of aromatic carboxylic acids is 2. The minimum atomic E-state index is -3.15. The van der Waals surface area contributed by atoms with Crippen molar-refractivity contribution in [2.45, 2.75) is 192 Å². The standard InChI is InChI=1S/C16H16ClN5O.C16H14ClN5.C9H10N2O2.C8H10ClN3.C8H8N2O2.C6H5ClN2O2.C5H3ClN2O2.C4H10O.C3H7BO2.CH2Cl2.2CH4.3K.Li.HO4P.2H2O/c17-14-6-5-12(15(21-14)19-11-3-4-11)20-16(23)10-7-13(9-1-2-9)22-18-8-10;17-14-6-5-12-16(20-14)22(11-3-4-11)15(19-12)10-7-13(9-1-2-9)21-18-8-10;1-13-9(12)7-4-8(6-2-3-6)11-10-5-7;9-7-4-3-6(10)8(12-7)11-5-1-2-5;11-8(12)6-3-7(5-1-2-5)10-9-4-6;1-11-6(10)4-2-5(7)9-8-3-4;6-4-1-3(5(9)10)2-7-8-4;1-4(2,3)5;5-4(6)3-1-2-3;2-1-3;;;;;;;1-4-5(2)3;;/h5-9,11H,1-4H2,(H,19,21)(H,20,23);5-9,11H,1-4H2;4-6H,2-3H2,1H3;3-5H,1-2,10H2,(H,11,12);3-5H,1-2H2,(H,11,12);2-3H,1H3;1-2H,(H,9,10);5H,1-3H3;3,5-6H,1-2H2;1H2;2*1H4;;;;;1H;2*1H2/q;;;;;;;;;;;;;;2*+1;;;/p-2. The molecule has 13 N–H and O–H groups in total. The van der Waals surface area contributed by atoms with Crippen LogP contribution in [0, 0.1) is 0 Å². The number of hydrogen-bond donors (Lipinski definition) is 9. The summed E-state index contributed by atoms with van der Waals surface area (Å²) in [6, 6.07) is 22.0. The van der Waals surface area contributed by atoms with Crippen LogP contribution in [0.25, 0.3) is 22.6 Å². The Bertz CT molecular complexity index is 5200. The number of hydrogen-bond acceptors (Lipinski definition) is 34. The van der Waals surface area contributed by atoms with Crippen LogP contribution >= 0.6 is 89.5 Å². The van der Waals surface area contributed by atoms with E-state index in [4.69, 9.17) is 132 Å². The molecule has 8 aliphatic rings. The molecule has 10 aromatic rings. The minimum Gasteiger partial charge on any atom is -0.870 e. The number of alkyl halides is 2. The molecular formula is C78H96BCl7K3LiN21O18P. The number of rotatable bonds is 18. The van der Waals surface area contributed by atoms with Crippen LogP contribution in [0.15, 0.2) is 110 Å². The van der Waals surface area contributed by atoms with Crippen molar-refractivity contribution in [2.75, 3.05) is 41.2 Å². The Hall–Kier alpha value is -4.47. The molecule has 1 atom stereocenters. The average Bonchev–Trinajstić information content (AvgIpc) is 1.60. The number of aliphatic hydroxyl groups is 1. The SMILES string of the molecule is C.C.CC(C)(C)O.COC(=O)c1cnnc(C2CC2)c1.COC(=O)c1cnnc(Cl)c1.ClCCl.Clc1ccc2nc(-c3cnnc(C4CC4)c3)n(C3CC3)c2n1.Nc1ccc(Cl)nc1NC1CC1.O.O=C(Nc1ccc(Cl)nc1NC1CC1)c1cnnc(C2CC2)c1.O=C(O)c1cnnc(C2CC2)c1.O=C(O)c1cnnc(Cl)c1.O=[P+]([O-])O[O-].OB(O)C1CC1.[K+].[K][K].[Li+].[OH-]. The van der Waals surface area contributed by atoms with Crippen LogP contribution in [0.3, 0.4) is 0 Å². The monoisotopic (exact) mass is 2030 g/mol. The van der Waals surface area contributed by atoms with Crippen molar-refractivity contribution in [3.63, 3.8) is 0 Å². The summed E-state index contributed by atoms with van der Waals surface area (Å²) in [4.78, 5) is 81.7. The Balaban J connectivity index is 0.000000738. The molecule has 10 heterocycles. The van der Waals surface area contributed by atoms with E-state index in [0.717, 1.165) is 116 Å². The van der Waals surface area contributed by atoms with E-state index in [9.17, 15) is 24.0 Å². The van der Waals surface area contributed by atoms with Gasteiger partial charge in [-0.15, -0.1) is 33.4 Å². The number of imidazole rings is 1. The van der Waals surface area contributed by atoms with E-state index in [2.05, 4.69) is 117 Å². The Labute approximate surface area is 886 Å². The maximum absolute atomic E-state index is 12.5. The molecule has 10 aromatic heterocycles. The van der Waals surface area contributed by atoms with Crippen LogP contribution in [0.1, 0.15) is 243 Å². The number of nitrogens with zero attached hydrogens (tertiary/aromatic N) is 17. The van der Waals surface area contributed by atoms with Gasteiger partial charge in [0.15, 0.2) is 27.6 Å². The van der Waals surface area contributed by atoms with Crippen molar-refractivity contribution in [1.82, 2.24) is 85.7 Å². The average molecular weight is 2030 g/mol. The molecule has 18 rings (SSSR count). The van der Waals surface area contributed by atoms with Crippen molar-refractivity contribution in [2.24, 2.45) is 0 Å². The number of carboxylic acid groups (broad SMARTS) is 2. The number of carbonyl (C=O) groups excluding carboxylic acids is 3. The third-order valence-electron chi connectivity index (χ3n) is 17.1. The first kappa shape index (κ1) is 124. The Kier molecular flexibility index (Phi) is 60.7. The summed E-state index contributed by atoms with van der Waals surface area (Å²) in [5.41, 5.74) is 14.5. The number of halogens is 7. The maximum atomic E-state index is 12.5. The summed E-state index contributed by atoms with van der Waals surface area (Å²) in [6.07, 6.45) is 26.6. The number of carboxylic acids is 2. The van der Waals surface area contributed by atoms with E-state index >= 15 is 0 Å². The van der Waals surface area contributed by atoms with Crippen molar-refractivity contribution in [3.05, 3.63) is 186 Å². The first-order valence-corrected chi connectivity index (χ1v) is 58.8. The summed E-state index contributed by atoms with van der Waals surface area (Å²) < 4.78 is 22.6. The third kappa shape index (κ3) is 48.0. The fraction of sp³-hybridized carbons (Fsp3) is 0.423. The van der Waals surface area contributed by atoms with Gasteiger partial charge < -0.3 is 82.2 Å². The molecule has 0 saturated heterocycles. The molecule has 52 heteroatoms. The van der Waals surface area contributed by atoms with Crippen molar-refractivity contribution >= 4 is 224 Å². The number of nitrogen functional groups attached to an aromatic ring is 1. The Morgan fingerprint density at radius 1 is 0.546 bits per heavy atom. The molecule has 682 valence electrons. The predicted octanol–water partition coefficient (Wildman–Crippen LogP) is 6.45. The molecule has 0 radical (unpaired) electrons. The van der Waals surface area contributed by atoms with Gasteiger partial charge in [-0.25, -0.2) is 43.8 Å². The maximum Gasteiger partial charge on any atom is 1.00 e. The quantitative estimate of drug-likeness (QED) is 0.00847. The summed E-state index contributed by atoms with van der Waals surface area (Å²) in [6.45, 7) is 5.23. The van der Waals surface area contributed by atoms with Crippen molar-refractivity contribution < 1.29 is 159 Å². The van der Waals surface area contributed by atoms with Gasteiger partial charge in [0.25, 0.3) is 5.91 Å². The Morgan fingerprint density at radius 3 is 1.28 bits per heavy atom. The van der Waals surface area contributed by atoms with Gasteiger partial charge in [0.2, 0.25) is 0 Å². The molecule has 130 heavy (non-hydrogen) atoms. The van der Waals surface area contributed by atoms with E-state index in [1.807, 2.05) is 12.1 Å². The molecular weight excluding hydrogens is 1930 g/mol. The number of amides is 1. The van der Waals surface area contributed by atoms with Gasteiger partial charge in [-0.3, -0.25) is 4.79 Å². The van der Waals surface area contributed by atoms with Crippen LogP contribution in [0.5, 0.6) is 0 Å². The number of aromatic nitrogens is 17. The van der Waals surface area contributed by atoms with E-state index in [-0.39, 0.29) is 141 Å². The van der Waals surface area contributed by atoms with E-state index in [1.54, 1.807) is 69.4 Å². The number of methoxy groups -OCH3 is 2. The smallest absolute Gasteiger partial charge is 0.870 e. The van der Waals surface area contributed by atoms with Gasteiger partial charge in [-0.1, -0.05) is 85.7 Å². The molecule has 0 bridgehead atoms. The third-order valence-corrected chi connectivity index (χ3v) is 18.3. The zero-order chi connectivity index (χ0) is 90.7. The molecule has 8 saturated carbocycles. The van der Waals surface area contributed by atoms with Gasteiger partial charge in [0.1, 0.15) is 26.8 Å². The summed E-state index contributed by atoms with van der Waals surface area (Å²) in [5.74, 6) is 1.44. The van der Waals surface area contributed by atoms with Gasteiger partial charge in [-0.2, -0.15) is 51.0 Å². The van der Waals surface area contributed by atoms with Crippen LogP contribution in [0.4, 0.5) is 23.0 Å². The number of nitrogens with two attached hydrogens (primary N) is 1. The molecule has 39 nitrogen and oxygen atoms in total. The number of nitrogens with one attached hydrogen (secondary N) is 3. The number of fused-ring (bicyclic) bond motifs is 1. The number of pyridine rings is 3. The molecule has 8 aliphatic carbocycles. The normalized spacial score (nSPS) is 14.1. The fourth-order valence-corrected chi connectivity index (χ4v) is 10.7. The largest absolute Gasteiger partial charge is 1.00 e. The second kappa shape index (κ2) is 63.8.